The summed E-state index contributed by atoms with van der Waals surface area (Å²) in [6.45, 7) is 0. The molecule has 1 saturated heterocycles. The van der Waals surface area contributed by atoms with Crippen molar-refractivity contribution < 1.29 is 13.2 Å². The Bertz CT molecular complexity index is 205. The van der Waals surface area contributed by atoms with Crippen LogP contribution in [-0.4, -0.2) is 23.7 Å². The number of hydrogen-bond donors (Lipinski definition) is 2. The molecule has 1 rings (SSSR count). The van der Waals surface area contributed by atoms with E-state index in [1.165, 1.54) is 24.3 Å². The molecular weight excluding hydrogens is 249 g/mol. The summed E-state index contributed by atoms with van der Waals surface area (Å²) in [5.74, 6) is 8.37. The van der Waals surface area contributed by atoms with Gasteiger partial charge in [-0.1, -0.05) is 0 Å². The lowest BCUT2D eigenvalue weighted by Crippen LogP contribution is -2.37. The Hall–Kier alpha value is 0.0600. The fraction of sp³-hybridized carbons (Fsp3) is 1.00. The Kier molecular flexibility index (Phi) is 6.66. The summed E-state index contributed by atoms with van der Waals surface area (Å²) in [7, 11) is 0. The molecular formula is C11H21F3N2S. The highest BCUT2D eigenvalue weighted by molar-refractivity contribution is 7.99. The van der Waals surface area contributed by atoms with Crippen molar-refractivity contribution in [2.24, 2.45) is 11.8 Å². The lowest BCUT2D eigenvalue weighted by molar-refractivity contribution is -0.135. The first-order chi connectivity index (χ1) is 8.01. The molecule has 0 aliphatic carbocycles. The van der Waals surface area contributed by atoms with E-state index < -0.39 is 12.6 Å². The molecule has 0 bridgehead atoms. The van der Waals surface area contributed by atoms with Crippen molar-refractivity contribution in [1.82, 2.24) is 5.43 Å². The zero-order valence-electron chi connectivity index (χ0n) is 9.93. The fourth-order valence-electron chi connectivity index (χ4n) is 2.20. The molecule has 0 saturated carbocycles. The molecule has 3 N–H and O–H groups in total. The molecule has 17 heavy (non-hydrogen) atoms. The Morgan fingerprint density at radius 3 is 2.47 bits per heavy atom. The third kappa shape index (κ3) is 7.16. The predicted octanol–water partition coefficient (Wildman–Crippen LogP) is 3.08. The highest BCUT2D eigenvalue weighted by Crippen LogP contribution is 2.28. The third-order valence-corrected chi connectivity index (χ3v) is 4.26. The van der Waals surface area contributed by atoms with Crippen LogP contribution in [0.3, 0.4) is 0 Å². The first-order valence-corrected chi connectivity index (χ1v) is 7.27. The van der Waals surface area contributed by atoms with E-state index in [0.717, 1.165) is 6.42 Å². The third-order valence-electron chi connectivity index (χ3n) is 3.21. The minimum atomic E-state index is -4.04. The minimum absolute atomic E-state index is 0.0328. The van der Waals surface area contributed by atoms with Crippen molar-refractivity contribution in [1.29, 1.82) is 0 Å². The zero-order valence-corrected chi connectivity index (χ0v) is 10.7. The zero-order chi connectivity index (χ0) is 12.7. The van der Waals surface area contributed by atoms with Crippen LogP contribution in [0, 0.1) is 5.92 Å². The van der Waals surface area contributed by atoms with E-state index >= 15 is 0 Å². The summed E-state index contributed by atoms with van der Waals surface area (Å²) >= 11 is 1.95. The Balaban J connectivity index is 2.18. The molecule has 1 heterocycles. The van der Waals surface area contributed by atoms with E-state index in [1.54, 1.807) is 0 Å². The molecule has 6 heteroatoms. The van der Waals surface area contributed by atoms with Crippen molar-refractivity contribution in [2.45, 2.75) is 50.7 Å². The number of thioether (sulfide) groups is 1. The number of hydrazine groups is 1. The van der Waals surface area contributed by atoms with Gasteiger partial charge in [-0.2, -0.15) is 24.9 Å². The Labute approximate surface area is 105 Å². The molecule has 1 aliphatic heterocycles. The Morgan fingerprint density at radius 1 is 1.29 bits per heavy atom. The van der Waals surface area contributed by atoms with Crippen LogP contribution < -0.4 is 11.3 Å². The second-order valence-electron chi connectivity index (χ2n) is 4.66. The lowest BCUT2D eigenvalue weighted by atomic mass is 9.92. The molecule has 0 aromatic rings. The van der Waals surface area contributed by atoms with Gasteiger partial charge in [0.25, 0.3) is 0 Å². The maximum atomic E-state index is 12.0. The number of halogens is 3. The number of nitrogens with two attached hydrogens (primary N) is 1. The molecule has 1 atom stereocenters. The van der Waals surface area contributed by atoms with E-state index in [4.69, 9.17) is 5.84 Å². The van der Waals surface area contributed by atoms with Crippen LogP contribution in [0.25, 0.3) is 0 Å². The average Bonchev–Trinajstić information content (AvgIpc) is 2.27. The largest absolute Gasteiger partial charge is 0.389 e. The highest BCUT2D eigenvalue weighted by Gasteiger charge is 2.27. The van der Waals surface area contributed by atoms with Gasteiger partial charge in [0, 0.05) is 12.5 Å². The minimum Gasteiger partial charge on any atom is -0.271 e. The highest BCUT2D eigenvalue weighted by atomic mass is 32.2. The number of hydrogen-bond acceptors (Lipinski definition) is 3. The van der Waals surface area contributed by atoms with Gasteiger partial charge in [-0.15, -0.1) is 0 Å². The van der Waals surface area contributed by atoms with Crippen molar-refractivity contribution >= 4 is 11.8 Å². The molecule has 0 aromatic heterocycles. The first kappa shape index (κ1) is 15.1. The molecule has 2 nitrogen and oxygen atoms in total. The summed E-state index contributed by atoms with van der Waals surface area (Å²) < 4.78 is 36.0. The topological polar surface area (TPSA) is 38.0 Å². The number of nitrogens with one attached hydrogen (secondary N) is 1. The summed E-state index contributed by atoms with van der Waals surface area (Å²) in [6.07, 6.45) is -0.815. The molecule has 1 fully saturated rings. The van der Waals surface area contributed by atoms with E-state index in [0.29, 0.717) is 12.3 Å². The van der Waals surface area contributed by atoms with Gasteiger partial charge in [0.1, 0.15) is 0 Å². The molecule has 0 aromatic carbocycles. The van der Waals surface area contributed by atoms with Gasteiger partial charge in [0.05, 0.1) is 0 Å². The van der Waals surface area contributed by atoms with Crippen LogP contribution in [-0.2, 0) is 0 Å². The summed E-state index contributed by atoms with van der Waals surface area (Å²) in [5, 5.41) is 0. The summed E-state index contributed by atoms with van der Waals surface area (Å²) in [5.41, 5.74) is 2.66. The van der Waals surface area contributed by atoms with Crippen LogP contribution in [0.15, 0.2) is 0 Å². The number of alkyl halides is 3. The van der Waals surface area contributed by atoms with Gasteiger partial charge in [0.2, 0.25) is 0 Å². The SMILES string of the molecule is NNC(CCCC(F)(F)F)CC1CCSCC1. The normalized spacial score (nSPS) is 20.5. The van der Waals surface area contributed by atoms with Crippen molar-refractivity contribution in [3.05, 3.63) is 0 Å². The second kappa shape index (κ2) is 7.48. The van der Waals surface area contributed by atoms with Gasteiger partial charge in [-0.25, -0.2) is 0 Å². The molecule has 0 amide bonds. The second-order valence-corrected chi connectivity index (χ2v) is 5.89. The molecule has 0 spiro atoms. The fourth-order valence-corrected chi connectivity index (χ4v) is 3.41. The standard InChI is InChI=1S/C11H21F3N2S/c12-11(13,14)5-1-2-10(16-15)8-9-3-6-17-7-4-9/h9-10,16H,1-8,15H2. The molecule has 1 unspecified atom stereocenters. The smallest absolute Gasteiger partial charge is 0.271 e. The van der Waals surface area contributed by atoms with E-state index in [-0.39, 0.29) is 12.5 Å². The van der Waals surface area contributed by atoms with Crippen LogP contribution in [0.5, 0.6) is 0 Å². The predicted molar refractivity (Wildman–Crippen MR) is 65.7 cm³/mol. The van der Waals surface area contributed by atoms with Gasteiger partial charge in [-0.3, -0.25) is 11.3 Å². The van der Waals surface area contributed by atoms with Gasteiger partial charge < -0.3 is 0 Å². The lowest BCUT2D eigenvalue weighted by Gasteiger charge is -2.26. The van der Waals surface area contributed by atoms with Gasteiger partial charge in [0.15, 0.2) is 0 Å². The van der Waals surface area contributed by atoms with E-state index in [1.807, 2.05) is 11.8 Å². The average molecular weight is 270 g/mol. The van der Waals surface area contributed by atoms with Crippen LogP contribution in [0.2, 0.25) is 0 Å². The van der Waals surface area contributed by atoms with Crippen LogP contribution in [0.4, 0.5) is 13.2 Å². The quantitative estimate of drug-likeness (QED) is 0.575. The maximum absolute atomic E-state index is 12.0. The molecule has 0 radical (unpaired) electrons. The summed E-state index contributed by atoms with van der Waals surface area (Å²) in [6, 6.07) is 0.0328. The monoisotopic (exact) mass is 270 g/mol. The number of rotatable bonds is 6. The summed E-state index contributed by atoms with van der Waals surface area (Å²) in [4.78, 5) is 0. The van der Waals surface area contributed by atoms with E-state index in [2.05, 4.69) is 5.43 Å². The van der Waals surface area contributed by atoms with Crippen LogP contribution >= 0.6 is 11.8 Å². The van der Waals surface area contributed by atoms with E-state index in [9.17, 15) is 13.2 Å². The van der Waals surface area contributed by atoms with Gasteiger partial charge in [-0.05, 0) is 49.5 Å². The molecule has 1 aliphatic rings. The first-order valence-electron chi connectivity index (χ1n) is 6.12. The van der Waals surface area contributed by atoms with Crippen molar-refractivity contribution in [3.8, 4) is 0 Å². The molecule has 102 valence electrons. The maximum Gasteiger partial charge on any atom is 0.389 e. The van der Waals surface area contributed by atoms with Crippen molar-refractivity contribution in [2.75, 3.05) is 11.5 Å². The Morgan fingerprint density at radius 2 is 1.94 bits per heavy atom. The van der Waals surface area contributed by atoms with Crippen LogP contribution in [0.1, 0.15) is 38.5 Å². The van der Waals surface area contributed by atoms with Gasteiger partial charge >= 0.3 is 6.18 Å². The van der Waals surface area contributed by atoms with Crippen molar-refractivity contribution in [3.63, 3.8) is 0 Å².